The van der Waals surface area contributed by atoms with Gasteiger partial charge in [0, 0.05) is 49.5 Å². The van der Waals surface area contributed by atoms with Gasteiger partial charge in [-0.1, -0.05) is 6.07 Å². The molecular weight excluding hydrogens is 447 g/mol. The first kappa shape index (κ1) is 22.0. The molecule has 176 valence electrons. The molecule has 0 aliphatic carbocycles. The summed E-state index contributed by atoms with van der Waals surface area (Å²) in [5, 5.41) is 0.657. The number of benzene rings is 1. The van der Waals surface area contributed by atoms with Crippen LogP contribution in [-0.4, -0.2) is 35.5 Å². The third-order valence-electron chi connectivity index (χ3n) is 6.34. The average molecular weight is 469 g/mol. The number of amides is 1. The zero-order chi connectivity index (χ0) is 24.4. The molecule has 1 atom stereocenters. The molecule has 0 bridgehead atoms. The lowest BCUT2D eigenvalue weighted by Crippen LogP contribution is -2.49. The van der Waals surface area contributed by atoms with Crippen LogP contribution in [0.4, 0.5) is 13.2 Å². The highest BCUT2D eigenvalue weighted by atomic mass is 19.4. The predicted octanol–water partition coefficient (Wildman–Crippen LogP) is 3.90. The van der Waals surface area contributed by atoms with Gasteiger partial charge in [0.05, 0.1) is 17.6 Å². The Hall–Kier alpha value is -3.82. The van der Waals surface area contributed by atoms with E-state index in [0.29, 0.717) is 23.1 Å². The Bertz CT molecular complexity index is 1490. The molecule has 7 nitrogen and oxygen atoms in total. The van der Waals surface area contributed by atoms with Crippen LogP contribution >= 0.6 is 0 Å². The monoisotopic (exact) mass is 469 g/mol. The van der Waals surface area contributed by atoms with Gasteiger partial charge in [0.2, 0.25) is 0 Å². The van der Waals surface area contributed by atoms with Crippen molar-refractivity contribution in [3.05, 3.63) is 81.9 Å². The van der Waals surface area contributed by atoms with Crippen molar-refractivity contribution in [2.75, 3.05) is 0 Å². The zero-order valence-electron chi connectivity index (χ0n) is 18.8. The van der Waals surface area contributed by atoms with Crippen LogP contribution in [0, 0.1) is 6.92 Å². The van der Waals surface area contributed by atoms with Crippen molar-refractivity contribution in [1.82, 2.24) is 23.6 Å². The molecule has 5 rings (SSSR count). The summed E-state index contributed by atoms with van der Waals surface area (Å²) in [4.78, 5) is 32.3. The molecule has 0 saturated heterocycles. The Kier molecular flexibility index (Phi) is 4.92. The van der Waals surface area contributed by atoms with E-state index in [1.54, 1.807) is 51.9 Å². The second-order valence-electron chi connectivity index (χ2n) is 8.72. The maximum absolute atomic E-state index is 13.4. The molecule has 0 spiro atoms. The fourth-order valence-corrected chi connectivity index (χ4v) is 4.58. The summed E-state index contributed by atoms with van der Waals surface area (Å²) in [5.74, 6) is -0.298. The molecule has 1 aliphatic heterocycles. The van der Waals surface area contributed by atoms with Crippen LogP contribution in [0.15, 0.2) is 53.8 Å². The minimum Gasteiger partial charge on any atom is -0.350 e. The first-order valence-electron chi connectivity index (χ1n) is 10.8. The number of fused-ring (bicyclic) bond motifs is 2. The van der Waals surface area contributed by atoms with Crippen LogP contribution in [0.1, 0.15) is 34.2 Å². The van der Waals surface area contributed by atoms with Crippen LogP contribution < -0.4 is 5.56 Å². The molecule has 0 unspecified atom stereocenters. The fraction of sp³-hybridized carbons (Fsp3) is 0.292. The van der Waals surface area contributed by atoms with Crippen molar-refractivity contribution in [3.63, 3.8) is 0 Å². The molecular formula is C24H22F3N5O2. The number of nitrogens with zero attached hydrogens (tertiary/aromatic N) is 5. The molecule has 4 aromatic rings. The fourth-order valence-electron chi connectivity index (χ4n) is 4.58. The number of hydrogen-bond acceptors (Lipinski definition) is 3. The standard InChI is InChI=1S/C24H22F3N5O2/c1-14-9-30(13-28-14)19-6-7-20-23(34)31(15(2)10-32(20)22(19)33)12-16-11-29(3)21-8-17(24(25,26)27)4-5-18(16)21/h4-9,11,13,15H,10,12H2,1-3H3/t15-/m1/s1. The van der Waals surface area contributed by atoms with Crippen LogP contribution in [0.2, 0.25) is 0 Å². The zero-order valence-corrected chi connectivity index (χ0v) is 18.8. The summed E-state index contributed by atoms with van der Waals surface area (Å²) in [5.41, 5.74) is 1.66. The van der Waals surface area contributed by atoms with Crippen molar-refractivity contribution >= 4 is 16.8 Å². The van der Waals surface area contributed by atoms with Gasteiger partial charge in [-0.2, -0.15) is 13.2 Å². The second-order valence-corrected chi connectivity index (χ2v) is 8.72. The molecule has 1 aromatic carbocycles. The number of carbonyl (C=O) groups is 1. The molecule has 0 saturated carbocycles. The lowest BCUT2D eigenvalue weighted by atomic mass is 10.1. The van der Waals surface area contributed by atoms with E-state index in [9.17, 15) is 22.8 Å². The van der Waals surface area contributed by atoms with E-state index >= 15 is 0 Å². The van der Waals surface area contributed by atoms with Gasteiger partial charge in [0.1, 0.15) is 11.4 Å². The summed E-state index contributed by atoms with van der Waals surface area (Å²) < 4.78 is 44.2. The lowest BCUT2D eigenvalue weighted by molar-refractivity contribution is -0.137. The second kappa shape index (κ2) is 7.61. The largest absolute Gasteiger partial charge is 0.416 e. The van der Waals surface area contributed by atoms with Gasteiger partial charge < -0.3 is 18.6 Å². The SMILES string of the molecule is Cc1cn(-c2ccc3n(c2=O)C[C@@H](C)N(Cc2cn(C)c4cc(C(F)(F)F)ccc24)C3=O)cn1. The predicted molar refractivity (Wildman–Crippen MR) is 120 cm³/mol. The average Bonchev–Trinajstić information content (AvgIpc) is 3.34. The maximum atomic E-state index is 13.4. The van der Waals surface area contributed by atoms with Gasteiger partial charge >= 0.3 is 6.18 Å². The van der Waals surface area contributed by atoms with Gasteiger partial charge in [0.25, 0.3) is 11.5 Å². The quantitative estimate of drug-likeness (QED) is 0.457. The van der Waals surface area contributed by atoms with E-state index in [0.717, 1.165) is 23.4 Å². The first-order valence-corrected chi connectivity index (χ1v) is 10.8. The van der Waals surface area contributed by atoms with Gasteiger partial charge in [-0.05, 0) is 43.7 Å². The van der Waals surface area contributed by atoms with Crippen molar-refractivity contribution < 1.29 is 18.0 Å². The molecule has 0 fully saturated rings. The van der Waals surface area contributed by atoms with E-state index in [4.69, 9.17) is 0 Å². The maximum Gasteiger partial charge on any atom is 0.416 e. The number of aryl methyl sites for hydroxylation is 2. The van der Waals surface area contributed by atoms with Gasteiger partial charge in [-0.25, -0.2) is 4.98 Å². The van der Waals surface area contributed by atoms with Crippen LogP contribution in [0.5, 0.6) is 0 Å². The minimum absolute atomic E-state index is 0.222. The third kappa shape index (κ3) is 3.49. The third-order valence-corrected chi connectivity index (χ3v) is 6.34. The smallest absolute Gasteiger partial charge is 0.350 e. The highest BCUT2D eigenvalue weighted by molar-refractivity contribution is 5.94. The van der Waals surface area contributed by atoms with Crippen molar-refractivity contribution in [2.24, 2.45) is 7.05 Å². The summed E-state index contributed by atoms with van der Waals surface area (Å²) in [6.07, 6.45) is 0.622. The molecule has 4 heterocycles. The number of rotatable bonds is 3. The Labute approximate surface area is 192 Å². The highest BCUT2D eigenvalue weighted by Gasteiger charge is 2.33. The molecule has 3 aromatic heterocycles. The number of halogens is 3. The summed E-state index contributed by atoms with van der Waals surface area (Å²) >= 11 is 0. The number of aromatic nitrogens is 4. The number of hydrogen-bond donors (Lipinski definition) is 0. The number of alkyl halides is 3. The Morgan fingerprint density at radius 2 is 1.88 bits per heavy atom. The molecule has 1 amide bonds. The van der Waals surface area contributed by atoms with E-state index in [1.165, 1.54) is 10.6 Å². The Balaban J connectivity index is 1.49. The Morgan fingerprint density at radius 3 is 2.56 bits per heavy atom. The van der Waals surface area contributed by atoms with E-state index < -0.39 is 11.7 Å². The van der Waals surface area contributed by atoms with Crippen LogP contribution in [-0.2, 0) is 26.3 Å². The van der Waals surface area contributed by atoms with Gasteiger partial charge in [0.15, 0.2) is 0 Å². The normalized spacial score (nSPS) is 16.4. The molecule has 0 radical (unpaired) electrons. The molecule has 0 N–H and O–H groups in total. The molecule has 1 aliphatic rings. The Morgan fingerprint density at radius 1 is 1.12 bits per heavy atom. The van der Waals surface area contributed by atoms with Crippen molar-refractivity contribution in [3.8, 4) is 5.69 Å². The minimum atomic E-state index is -4.43. The van der Waals surface area contributed by atoms with Crippen molar-refractivity contribution in [2.45, 2.75) is 39.2 Å². The lowest BCUT2D eigenvalue weighted by Gasteiger charge is -2.35. The number of imidazole rings is 1. The highest BCUT2D eigenvalue weighted by Crippen LogP contribution is 2.33. The molecule has 10 heteroatoms. The number of carbonyl (C=O) groups excluding carboxylic acids is 1. The van der Waals surface area contributed by atoms with Crippen LogP contribution in [0.3, 0.4) is 0 Å². The van der Waals surface area contributed by atoms with Crippen LogP contribution in [0.25, 0.3) is 16.6 Å². The topological polar surface area (TPSA) is 65.1 Å². The van der Waals surface area contributed by atoms with Gasteiger partial charge in [-0.3, -0.25) is 9.59 Å². The summed E-state index contributed by atoms with van der Waals surface area (Å²) in [7, 11) is 1.68. The van der Waals surface area contributed by atoms with Crippen molar-refractivity contribution in [1.29, 1.82) is 0 Å². The summed E-state index contributed by atoms with van der Waals surface area (Å²) in [6, 6.07) is 6.58. The summed E-state index contributed by atoms with van der Waals surface area (Å²) in [6.45, 7) is 4.21. The van der Waals surface area contributed by atoms with E-state index in [-0.39, 0.29) is 29.7 Å². The van der Waals surface area contributed by atoms with E-state index in [1.807, 2.05) is 13.8 Å². The van der Waals surface area contributed by atoms with E-state index in [2.05, 4.69) is 4.98 Å². The molecule has 34 heavy (non-hydrogen) atoms. The number of pyridine rings is 1. The first-order chi connectivity index (χ1) is 16.0. The van der Waals surface area contributed by atoms with Gasteiger partial charge in [-0.15, -0.1) is 0 Å².